The summed E-state index contributed by atoms with van der Waals surface area (Å²) < 4.78 is 42.9. The van der Waals surface area contributed by atoms with Gasteiger partial charge in [-0.05, 0) is 49.1 Å². The number of rotatable bonds is 12. The van der Waals surface area contributed by atoms with Crippen molar-refractivity contribution in [2.75, 3.05) is 23.9 Å². The Morgan fingerprint density at radius 3 is 2.05 bits per heavy atom. The van der Waals surface area contributed by atoms with Crippen molar-refractivity contribution < 1.29 is 22.4 Å². The van der Waals surface area contributed by atoms with Gasteiger partial charge < -0.3 is 10.2 Å². The van der Waals surface area contributed by atoms with Gasteiger partial charge in [-0.2, -0.15) is 0 Å². The number of nitrogens with one attached hydrogen (secondary N) is 1. The van der Waals surface area contributed by atoms with Crippen LogP contribution in [0.4, 0.5) is 10.1 Å². The molecule has 1 atom stereocenters. The van der Waals surface area contributed by atoms with Crippen molar-refractivity contribution in [3.05, 3.63) is 96.3 Å². The summed E-state index contributed by atoms with van der Waals surface area (Å²) in [6.45, 7) is 5.48. The molecule has 0 aliphatic rings. The van der Waals surface area contributed by atoms with E-state index in [0.29, 0.717) is 13.0 Å². The van der Waals surface area contributed by atoms with E-state index in [2.05, 4.69) is 5.32 Å². The first-order valence-corrected chi connectivity index (χ1v) is 14.0. The summed E-state index contributed by atoms with van der Waals surface area (Å²) in [6.07, 6.45) is 0.458. The number of anilines is 1. The number of halogens is 1. The van der Waals surface area contributed by atoms with E-state index < -0.39 is 34.3 Å². The molecule has 0 aromatic heterocycles. The van der Waals surface area contributed by atoms with Crippen molar-refractivity contribution >= 4 is 27.5 Å². The van der Waals surface area contributed by atoms with Crippen LogP contribution in [0.2, 0.25) is 0 Å². The summed E-state index contributed by atoms with van der Waals surface area (Å²) in [5, 5.41) is 2.84. The zero-order chi connectivity index (χ0) is 27.7. The fourth-order valence-electron chi connectivity index (χ4n) is 3.91. The van der Waals surface area contributed by atoms with Gasteiger partial charge in [-0.15, -0.1) is 0 Å². The molecule has 0 fully saturated rings. The molecule has 0 heterocycles. The molecule has 1 unspecified atom stereocenters. The fraction of sp³-hybridized carbons (Fsp3) is 0.310. The van der Waals surface area contributed by atoms with Gasteiger partial charge in [-0.1, -0.05) is 74.5 Å². The number of carbonyl (C=O) groups excluding carboxylic acids is 2. The van der Waals surface area contributed by atoms with Crippen LogP contribution in [0.1, 0.15) is 26.3 Å². The van der Waals surface area contributed by atoms with E-state index in [4.69, 9.17) is 0 Å². The number of hydrogen-bond acceptors (Lipinski definition) is 4. The maximum absolute atomic E-state index is 14.9. The third kappa shape index (κ3) is 7.41. The standard InChI is InChI=1S/C29H34FN3O4S/c1-22(2)20-31-29(35)23(3)32(19-18-24-12-6-4-7-13-24)28(34)21-33(27-17-11-10-16-26(27)30)38(36,37)25-14-8-5-9-15-25/h4-17,22-23H,18-21H2,1-3H3,(H,31,35). The molecule has 3 aromatic rings. The lowest BCUT2D eigenvalue weighted by molar-refractivity contribution is -0.138. The SMILES string of the molecule is CC(C)CNC(=O)C(C)N(CCc1ccccc1)C(=O)CN(c1ccccc1F)S(=O)(=O)c1ccccc1. The summed E-state index contributed by atoms with van der Waals surface area (Å²) in [6, 6.07) is 21.6. The van der Waals surface area contributed by atoms with Gasteiger partial charge >= 0.3 is 0 Å². The van der Waals surface area contributed by atoms with Crippen LogP contribution in [-0.4, -0.2) is 50.8 Å². The summed E-state index contributed by atoms with van der Waals surface area (Å²) in [4.78, 5) is 28.0. The minimum absolute atomic E-state index is 0.0744. The molecule has 38 heavy (non-hydrogen) atoms. The highest BCUT2D eigenvalue weighted by Gasteiger charge is 2.33. The molecule has 0 radical (unpaired) electrons. The zero-order valence-electron chi connectivity index (χ0n) is 21.9. The molecule has 0 saturated heterocycles. The first kappa shape index (κ1) is 28.8. The predicted molar refractivity (Wildman–Crippen MR) is 147 cm³/mol. The fourth-order valence-corrected chi connectivity index (χ4v) is 5.35. The van der Waals surface area contributed by atoms with E-state index in [0.717, 1.165) is 15.9 Å². The Labute approximate surface area is 224 Å². The van der Waals surface area contributed by atoms with E-state index >= 15 is 0 Å². The first-order valence-electron chi connectivity index (χ1n) is 12.5. The lowest BCUT2D eigenvalue weighted by atomic mass is 10.1. The Morgan fingerprint density at radius 1 is 0.868 bits per heavy atom. The van der Waals surface area contributed by atoms with Crippen LogP contribution in [0, 0.1) is 11.7 Å². The zero-order valence-corrected chi connectivity index (χ0v) is 22.7. The van der Waals surface area contributed by atoms with E-state index in [1.807, 2.05) is 44.2 Å². The molecular weight excluding hydrogens is 505 g/mol. The monoisotopic (exact) mass is 539 g/mol. The van der Waals surface area contributed by atoms with Crippen LogP contribution in [0.5, 0.6) is 0 Å². The van der Waals surface area contributed by atoms with Gasteiger partial charge in [0.05, 0.1) is 10.6 Å². The molecule has 0 bridgehead atoms. The normalized spacial score (nSPS) is 12.1. The molecule has 202 valence electrons. The van der Waals surface area contributed by atoms with Crippen LogP contribution in [0.25, 0.3) is 0 Å². The topological polar surface area (TPSA) is 86.8 Å². The third-order valence-electron chi connectivity index (χ3n) is 6.07. The number of carbonyl (C=O) groups is 2. The average molecular weight is 540 g/mol. The van der Waals surface area contributed by atoms with Crippen LogP contribution in [0.15, 0.2) is 89.8 Å². The van der Waals surface area contributed by atoms with Crippen molar-refractivity contribution in [2.24, 2.45) is 5.92 Å². The number of hydrogen-bond donors (Lipinski definition) is 1. The molecule has 0 aliphatic heterocycles. The lowest BCUT2D eigenvalue weighted by Crippen LogP contribution is -2.52. The molecule has 3 aromatic carbocycles. The second-order valence-electron chi connectivity index (χ2n) is 9.41. The minimum Gasteiger partial charge on any atom is -0.354 e. The van der Waals surface area contributed by atoms with Gasteiger partial charge in [0.15, 0.2) is 0 Å². The number of benzene rings is 3. The van der Waals surface area contributed by atoms with E-state index in [1.54, 1.807) is 25.1 Å². The van der Waals surface area contributed by atoms with Crippen LogP contribution in [0.3, 0.4) is 0 Å². The molecule has 0 aliphatic carbocycles. The smallest absolute Gasteiger partial charge is 0.264 e. The highest BCUT2D eigenvalue weighted by molar-refractivity contribution is 7.92. The maximum Gasteiger partial charge on any atom is 0.264 e. The van der Waals surface area contributed by atoms with Crippen molar-refractivity contribution in [2.45, 2.75) is 38.1 Å². The highest BCUT2D eigenvalue weighted by Crippen LogP contribution is 2.26. The van der Waals surface area contributed by atoms with Crippen LogP contribution < -0.4 is 9.62 Å². The number of nitrogens with zero attached hydrogens (tertiary/aromatic N) is 2. The Bertz CT molecular complexity index is 1320. The van der Waals surface area contributed by atoms with Gasteiger partial charge in [-0.25, -0.2) is 12.8 Å². The molecule has 7 nitrogen and oxygen atoms in total. The summed E-state index contributed by atoms with van der Waals surface area (Å²) >= 11 is 0. The second kappa shape index (κ2) is 13.2. The summed E-state index contributed by atoms with van der Waals surface area (Å²) in [5.41, 5.74) is 0.715. The van der Waals surface area contributed by atoms with Crippen molar-refractivity contribution in [3.8, 4) is 0 Å². The quantitative estimate of drug-likeness (QED) is 0.373. The van der Waals surface area contributed by atoms with Gasteiger partial charge in [0, 0.05) is 13.1 Å². The summed E-state index contributed by atoms with van der Waals surface area (Å²) in [5.74, 6) is -1.52. The van der Waals surface area contributed by atoms with E-state index in [1.165, 1.54) is 35.2 Å². The molecular formula is C29H34FN3O4S. The van der Waals surface area contributed by atoms with Gasteiger partial charge in [0.2, 0.25) is 11.8 Å². The Kier molecular flexibility index (Phi) is 10.0. The molecule has 2 amide bonds. The molecule has 9 heteroatoms. The van der Waals surface area contributed by atoms with Gasteiger partial charge in [0.1, 0.15) is 18.4 Å². The maximum atomic E-state index is 14.9. The predicted octanol–water partition coefficient (Wildman–Crippen LogP) is 4.25. The number of sulfonamides is 1. The largest absolute Gasteiger partial charge is 0.354 e. The van der Waals surface area contributed by atoms with Crippen molar-refractivity contribution in [1.82, 2.24) is 10.2 Å². The number of para-hydroxylation sites is 1. The van der Waals surface area contributed by atoms with Crippen LogP contribution >= 0.6 is 0 Å². The van der Waals surface area contributed by atoms with Crippen molar-refractivity contribution in [3.63, 3.8) is 0 Å². The van der Waals surface area contributed by atoms with Gasteiger partial charge in [-0.3, -0.25) is 13.9 Å². The Balaban J connectivity index is 1.95. The second-order valence-corrected chi connectivity index (χ2v) is 11.3. The average Bonchev–Trinajstić information content (AvgIpc) is 2.91. The van der Waals surface area contributed by atoms with Gasteiger partial charge in [0.25, 0.3) is 10.0 Å². The van der Waals surface area contributed by atoms with Crippen LogP contribution in [-0.2, 0) is 26.0 Å². The highest BCUT2D eigenvalue weighted by atomic mass is 32.2. The first-order chi connectivity index (χ1) is 18.1. The Morgan fingerprint density at radius 2 is 1.45 bits per heavy atom. The molecule has 0 saturated carbocycles. The van der Waals surface area contributed by atoms with Crippen molar-refractivity contribution in [1.29, 1.82) is 0 Å². The Hall–Kier alpha value is -3.72. The minimum atomic E-state index is -4.29. The third-order valence-corrected chi connectivity index (χ3v) is 7.84. The summed E-state index contributed by atoms with van der Waals surface area (Å²) in [7, 11) is -4.29. The number of amides is 2. The van der Waals surface area contributed by atoms with E-state index in [-0.39, 0.29) is 29.0 Å². The lowest BCUT2D eigenvalue weighted by Gasteiger charge is -2.32. The molecule has 1 N–H and O–H groups in total. The van der Waals surface area contributed by atoms with E-state index in [9.17, 15) is 22.4 Å². The molecule has 3 rings (SSSR count). The molecule has 0 spiro atoms.